The third-order valence-corrected chi connectivity index (χ3v) is 10.5. The lowest BCUT2D eigenvalue weighted by Gasteiger charge is -2.28. The molecule has 0 aromatic heterocycles. The number of hydrogen-bond acceptors (Lipinski definition) is 8. The fourth-order valence-corrected chi connectivity index (χ4v) is 6.81. The fraction of sp³-hybridized carbons (Fsp3) is 0.951. The van der Waals surface area contributed by atoms with Gasteiger partial charge in [-0.25, -0.2) is 0 Å². The first-order valence-electron chi connectivity index (χ1n) is 21.1. The maximum atomic E-state index is 12.6. The van der Waals surface area contributed by atoms with Gasteiger partial charge in [-0.05, 0) is 18.8 Å². The van der Waals surface area contributed by atoms with Gasteiger partial charge in [-0.1, -0.05) is 168 Å². The molecule has 0 fully saturated rings. The molecule has 0 heterocycles. The van der Waals surface area contributed by atoms with Crippen LogP contribution in [-0.4, -0.2) is 70.0 Å². The summed E-state index contributed by atoms with van der Waals surface area (Å²) in [7, 11) is 1.17. The maximum absolute atomic E-state index is 12.6. The number of rotatable bonds is 38. The molecule has 0 amide bonds. The number of esters is 2. The second kappa shape index (κ2) is 33.6. The van der Waals surface area contributed by atoms with Crippen molar-refractivity contribution in [3.63, 3.8) is 0 Å². The normalized spacial score (nSPS) is 14.3. The Morgan fingerprint density at radius 3 is 1.49 bits per heavy atom. The van der Waals surface area contributed by atoms with Gasteiger partial charge in [0.05, 0.1) is 27.7 Å². The molecule has 51 heavy (non-hydrogen) atoms. The van der Waals surface area contributed by atoms with Crippen LogP contribution in [0.1, 0.15) is 194 Å². The van der Waals surface area contributed by atoms with E-state index in [1.165, 1.54) is 122 Å². The molecule has 304 valence electrons. The van der Waals surface area contributed by atoms with E-state index >= 15 is 0 Å². The predicted octanol–water partition coefficient (Wildman–Crippen LogP) is 10.9. The lowest BCUT2D eigenvalue weighted by Crippen LogP contribution is -2.37. The zero-order valence-corrected chi connectivity index (χ0v) is 35.1. The van der Waals surface area contributed by atoms with Crippen molar-refractivity contribution < 1.29 is 42.1 Å². The van der Waals surface area contributed by atoms with Gasteiger partial charge in [0.25, 0.3) is 7.82 Å². The van der Waals surface area contributed by atoms with E-state index < -0.39 is 26.5 Å². The summed E-state index contributed by atoms with van der Waals surface area (Å²) in [5.74, 6) is -0.183. The third kappa shape index (κ3) is 37.1. The maximum Gasteiger partial charge on any atom is 0.306 e. The number of phosphoric ester groups is 1. The van der Waals surface area contributed by atoms with E-state index in [0.29, 0.717) is 23.4 Å². The lowest BCUT2D eigenvalue weighted by molar-refractivity contribution is -0.870. The molecule has 1 unspecified atom stereocenters. The largest absolute Gasteiger partial charge is 0.756 e. The summed E-state index contributed by atoms with van der Waals surface area (Å²) < 4.78 is 33.9. The summed E-state index contributed by atoms with van der Waals surface area (Å²) in [5.41, 5.74) is 0. The van der Waals surface area contributed by atoms with Gasteiger partial charge in [0.15, 0.2) is 6.10 Å². The van der Waals surface area contributed by atoms with Crippen molar-refractivity contribution in [2.24, 2.45) is 5.92 Å². The van der Waals surface area contributed by atoms with E-state index in [9.17, 15) is 19.0 Å². The van der Waals surface area contributed by atoms with Gasteiger partial charge >= 0.3 is 11.9 Å². The highest BCUT2D eigenvalue weighted by atomic mass is 31.2. The minimum absolute atomic E-state index is 0.0273. The number of hydrogen-bond donors (Lipinski definition) is 0. The van der Waals surface area contributed by atoms with Crippen LogP contribution in [0.3, 0.4) is 0 Å². The zero-order valence-electron chi connectivity index (χ0n) is 34.2. The molecule has 0 aromatic rings. The van der Waals surface area contributed by atoms with Crippen molar-refractivity contribution in [1.82, 2.24) is 0 Å². The highest BCUT2D eigenvalue weighted by molar-refractivity contribution is 7.45. The minimum Gasteiger partial charge on any atom is -0.756 e. The van der Waals surface area contributed by atoms with Crippen molar-refractivity contribution in [1.29, 1.82) is 0 Å². The third-order valence-electron chi connectivity index (χ3n) is 9.52. The van der Waals surface area contributed by atoms with Gasteiger partial charge in [-0.3, -0.25) is 14.2 Å². The Labute approximate surface area is 314 Å². The molecule has 0 saturated heterocycles. The molecule has 0 saturated carbocycles. The van der Waals surface area contributed by atoms with Crippen molar-refractivity contribution in [2.45, 2.75) is 200 Å². The predicted molar refractivity (Wildman–Crippen MR) is 208 cm³/mol. The van der Waals surface area contributed by atoms with E-state index in [4.69, 9.17) is 18.5 Å². The summed E-state index contributed by atoms with van der Waals surface area (Å²) in [5, 5.41) is 0. The van der Waals surface area contributed by atoms with Crippen LogP contribution in [0.2, 0.25) is 0 Å². The topological polar surface area (TPSA) is 111 Å². The summed E-state index contributed by atoms with van der Waals surface area (Å²) in [4.78, 5) is 37.5. The minimum atomic E-state index is -4.62. The van der Waals surface area contributed by atoms with Crippen LogP contribution in [-0.2, 0) is 32.7 Å². The van der Waals surface area contributed by atoms with Gasteiger partial charge in [0.1, 0.15) is 19.8 Å². The van der Waals surface area contributed by atoms with Crippen LogP contribution in [0.4, 0.5) is 0 Å². The van der Waals surface area contributed by atoms with E-state index in [0.717, 1.165) is 32.1 Å². The number of ether oxygens (including phenoxy) is 2. The van der Waals surface area contributed by atoms with Crippen molar-refractivity contribution in [3.8, 4) is 0 Å². The van der Waals surface area contributed by atoms with Gasteiger partial charge in [0, 0.05) is 12.8 Å². The van der Waals surface area contributed by atoms with Crippen LogP contribution >= 0.6 is 7.82 Å². The molecule has 9 nitrogen and oxygen atoms in total. The molecule has 0 aliphatic rings. The van der Waals surface area contributed by atoms with Gasteiger partial charge in [-0.15, -0.1) is 0 Å². The van der Waals surface area contributed by atoms with Crippen LogP contribution in [0.15, 0.2) is 0 Å². The number of quaternary nitrogens is 1. The fourth-order valence-electron chi connectivity index (χ4n) is 6.08. The first-order chi connectivity index (χ1) is 24.4. The Hall–Kier alpha value is -0.990. The molecule has 0 rings (SSSR count). The Bertz CT molecular complexity index is 865. The summed E-state index contributed by atoms with van der Waals surface area (Å²) in [6.45, 7) is 6.52. The summed E-state index contributed by atoms with van der Waals surface area (Å²) in [6.07, 6.45) is 29.9. The molecule has 3 atom stereocenters. The van der Waals surface area contributed by atoms with Gasteiger partial charge in [-0.2, -0.15) is 0 Å². The first-order valence-corrected chi connectivity index (χ1v) is 22.6. The van der Waals surface area contributed by atoms with Crippen LogP contribution < -0.4 is 4.89 Å². The Balaban J connectivity index is 4.45. The van der Waals surface area contributed by atoms with Crippen LogP contribution in [0, 0.1) is 5.92 Å². The van der Waals surface area contributed by atoms with E-state index in [2.05, 4.69) is 20.8 Å². The van der Waals surface area contributed by atoms with Crippen LogP contribution in [0.25, 0.3) is 0 Å². The first kappa shape index (κ1) is 50.0. The number of unbranched alkanes of at least 4 members (excludes halogenated alkanes) is 20. The molecule has 0 aliphatic carbocycles. The van der Waals surface area contributed by atoms with Gasteiger partial charge < -0.3 is 27.9 Å². The molecule has 0 aromatic carbocycles. The van der Waals surface area contributed by atoms with Crippen molar-refractivity contribution in [3.05, 3.63) is 0 Å². The van der Waals surface area contributed by atoms with E-state index in [1.807, 2.05) is 21.1 Å². The highest BCUT2D eigenvalue weighted by Gasteiger charge is 2.21. The number of carbonyl (C=O) groups is 2. The number of phosphoric acid groups is 1. The van der Waals surface area contributed by atoms with E-state index in [1.54, 1.807) is 0 Å². The SMILES string of the molecule is CCCCCCCCCCCCCCCC(=O)O[C@H](COC(=O)CCCC[C@@H](C)CCCCCCCCCC)COP(=O)([O-])OCC[N+](C)(C)C. The molecular weight excluding hydrogens is 665 g/mol. The highest BCUT2D eigenvalue weighted by Crippen LogP contribution is 2.38. The monoisotopic (exact) mass is 748 g/mol. The average Bonchev–Trinajstić information content (AvgIpc) is 3.07. The Kier molecular flexibility index (Phi) is 32.9. The standard InChI is InChI=1S/C41H82NO8P/c1-7-9-11-13-15-17-18-19-20-21-23-25-27-33-41(44)50-39(37-49-51(45,46)48-35-34-42(4,5)6)36-47-40(43)32-29-28-31-38(3)30-26-24-22-16-14-12-10-8-2/h38-39H,7-37H2,1-6H3/t38-,39+/m0/s1. The molecule has 0 radical (unpaired) electrons. The Morgan fingerprint density at radius 2 is 1.00 bits per heavy atom. The van der Waals surface area contributed by atoms with Crippen LogP contribution in [0.5, 0.6) is 0 Å². The van der Waals surface area contributed by atoms with E-state index in [-0.39, 0.29) is 32.0 Å². The second-order valence-electron chi connectivity index (χ2n) is 16.0. The van der Waals surface area contributed by atoms with Gasteiger partial charge in [0.2, 0.25) is 0 Å². The molecular formula is C41H82NO8P. The smallest absolute Gasteiger partial charge is 0.306 e. The molecule has 0 bridgehead atoms. The molecule has 10 heteroatoms. The average molecular weight is 748 g/mol. The number of carbonyl (C=O) groups excluding carboxylic acids is 2. The quantitative estimate of drug-likeness (QED) is 0.0266. The second-order valence-corrected chi connectivity index (χ2v) is 17.4. The number of nitrogens with zero attached hydrogens (tertiary/aromatic N) is 1. The molecule has 0 N–H and O–H groups in total. The number of likely N-dealkylation sites (N-methyl/N-ethyl adjacent to an activating group) is 1. The molecule has 0 spiro atoms. The summed E-state index contributed by atoms with van der Waals surface area (Å²) in [6, 6.07) is 0. The van der Waals surface area contributed by atoms with Crippen molar-refractivity contribution >= 4 is 19.8 Å². The lowest BCUT2D eigenvalue weighted by atomic mass is 9.96. The van der Waals surface area contributed by atoms with Crippen molar-refractivity contribution in [2.75, 3.05) is 47.5 Å². The molecule has 0 aliphatic heterocycles. The zero-order chi connectivity index (χ0) is 38.1. The Morgan fingerprint density at radius 1 is 0.588 bits per heavy atom. The summed E-state index contributed by atoms with van der Waals surface area (Å²) >= 11 is 0.